The van der Waals surface area contributed by atoms with Crippen molar-refractivity contribution in [2.45, 2.75) is 18.6 Å². The average Bonchev–Trinajstić information content (AvgIpc) is 1.88. The van der Waals surface area contributed by atoms with Gasteiger partial charge in [0.05, 0.1) is 18.8 Å². The van der Waals surface area contributed by atoms with Crippen LogP contribution in [0.3, 0.4) is 0 Å². The predicted molar refractivity (Wildman–Crippen MR) is 36.3 cm³/mol. The third-order valence-electron chi connectivity index (χ3n) is 1.77. The van der Waals surface area contributed by atoms with Crippen LogP contribution in [0.4, 0.5) is 0 Å². The van der Waals surface area contributed by atoms with E-state index in [1.165, 1.54) is 0 Å². The maximum Gasteiger partial charge on any atom is 0.0745 e. The van der Waals surface area contributed by atoms with Gasteiger partial charge >= 0.3 is 0 Å². The van der Waals surface area contributed by atoms with E-state index in [9.17, 15) is 0 Å². The van der Waals surface area contributed by atoms with Crippen molar-refractivity contribution < 1.29 is 15.3 Å². The van der Waals surface area contributed by atoms with E-state index in [-0.39, 0.29) is 12.5 Å². The van der Waals surface area contributed by atoms with Crippen molar-refractivity contribution in [2.24, 2.45) is 5.92 Å². The highest BCUT2D eigenvalue weighted by Gasteiger charge is 2.22. The number of aliphatic hydroxyl groups is 3. The van der Waals surface area contributed by atoms with E-state index in [1.54, 1.807) is 12.2 Å². The van der Waals surface area contributed by atoms with E-state index in [2.05, 4.69) is 0 Å². The molecule has 3 nitrogen and oxygen atoms in total. The first-order chi connectivity index (χ1) is 4.74. The van der Waals surface area contributed by atoms with Crippen LogP contribution < -0.4 is 0 Å². The summed E-state index contributed by atoms with van der Waals surface area (Å²) < 4.78 is 0. The molecule has 0 saturated heterocycles. The van der Waals surface area contributed by atoms with Crippen LogP contribution in [-0.2, 0) is 0 Å². The van der Waals surface area contributed by atoms with E-state index in [0.29, 0.717) is 6.42 Å². The molecule has 3 heteroatoms. The standard InChI is InChI=1S/C7H12O3/c8-4-5-1-2-6(9)3-7(5)10/h1-2,5-10H,3-4H2/t5-,6-,7+/m1/s1. The van der Waals surface area contributed by atoms with Gasteiger partial charge in [0.1, 0.15) is 0 Å². The predicted octanol–water partition coefficient (Wildman–Crippen LogP) is -0.723. The molecule has 58 valence electrons. The summed E-state index contributed by atoms with van der Waals surface area (Å²) in [7, 11) is 0. The second-order valence-corrected chi connectivity index (χ2v) is 2.60. The Bertz CT molecular complexity index is 133. The fourth-order valence-corrected chi connectivity index (χ4v) is 1.08. The first kappa shape index (κ1) is 7.72. The van der Waals surface area contributed by atoms with E-state index in [1.807, 2.05) is 0 Å². The highest BCUT2D eigenvalue weighted by atomic mass is 16.3. The summed E-state index contributed by atoms with van der Waals surface area (Å²) in [5, 5.41) is 26.8. The molecule has 0 fully saturated rings. The van der Waals surface area contributed by atoms with Crippen LogP contribution in [-0.4, -0.2) is 34.1 Å². The fourth-order valence-electron chi connectivity index (χ4n) is 1.08. The molecule has 1 aliphatic carbocycles. The van der Waals surface area contributed by atoms with Crippen LogP contribution in [0.25, 0.3) is 0 Å². The number of hydrogen-bond acceptors (Lipinski definition) is 3. The van der Waals surface area contributed by atoms with Gasteiger partial charge in [-0.3, -0.25) is 0 Å². The van der Waals surface area contributed by atoms with Crippen molar-refractivity contribution in [3.63, 3.8) is 0 Å². The lowest BCUT2D eigenvalue weighted by molar-refractivity contribution is 0.0426. The normalized spacial score (nSPS) is 40.1. The van der Waals surface area contributed by atoms with Crippen LogP contribution in [0.2, 0.25) is 0 Å². The molecule has 3 atom stereocenters. The molecule has 0 aromatic heterocycles. The van der Waals surface area contributed by atoms with Crippen LogP contribution in [0.5, 0.6) is 0 Å². The monoisotopic (exact) mass is 144 g/mol. The number of hydrogen-bond donors (Lipinski definition) is 3. The van der Waals surface area contributed by atoms with Crippen molar-refractivity contribution >= 4 is 0 Å². The smallest absolute Gasteiger partial charge is 0.0745 e. The summed E-state index contributed by atoms with van der Waals surface area (Å²) in [6.07, 6.45) is 2.46. The lowest BCUT2D eigenvalue weighted by atomic mass is 9.92. The van der Waals surface area contributed by atoms with Crippen LogP contribution in [0.1, 0.15) is 6.42 Å². The first-order valence-electron chi connectivity index (χ1n) is 3.39. The van der Waals surface area contributed by atoms with Crippen molar-refractivity contribution in [3.05, 3.63) is 12.2 Å². The Morgan fingerprint density at radius 3 is 2.50 bits per heavy atom. The van der Waals surface area contributed by atoms with Gasteiger partial charge < -0.3 is 15.3 Å². The van der Waals surface area contributed by atoms with Gasteiger partial charge in [-0.15, -0.1) is 0 Å². The number of aliphatic hydroxyl groups excluding tert-OH is 3. The van der Waals surface area contributed by atoms with E-state index in [4.69, 9.17) is 15.3 Å². The molecule has 3 N–H and O–H groups in total. The lowest BCUT2D eigenvalue weighted by Gasteiger charge is -2.23. The molecule has 0 saturated carbocycles. The molecular formula is C7H12O3. The topological polar surface area (TPSA) is 60.7 Å². The van der Waals surface area contributed by atoms with Crippen LogP contribution >= 0.6 is 0 Å². The summed E-state index contributed by atoms with van der Waals surface area (Å²) >= 11 is 0. The van der Waals surface area contributed by atoms with Gasteiger partial charge in [-0.25, -0.2) is 0 Å². The van der Waals surface area contributed by atoms with Crippen LogP contribution in [0, 0.1) is 5.92 Å². The summed E-state index contributed by atoms with van der Waals surface area (Å²) in [5.41, 5.74) is 0. The molecule has 10 heavy (non-hydrogen) atoms. The Kier molecular flexibility index (Phi) is 2.43. The van der Waals surface area contributed by atoms with Crippen molar-refractivity contribution in [2.75, 3.05) is 6.61 Å². The average molecular weight is 144 g/mol. The van der Waals surface area contributed by atoms with E-state index >= 15 is 0 Å². The molecule has 0 bridgehead atoms. The molecule has 0 unspecified atom stereocenters. The summed E-state index contributed by atoms with van der Waals surface area (Å²) in [4.78, 5) is 0. The minimum absolute atomic E-state index is 0.0512. The fraction of sp³-hybridized carbons (Fsp3) is 0.714. The highest BCUT2D eigenvalue weighted by molar-refractivity contribution is 5.01. The lowest BCUT2D eigenvalue weighted by Crippen LogP contribution is -2.29. The van der Waals surface area contributed by atoms with Gasteiger partial charge in [-0.05, 0) is 0 Å². The molecule has 0 heterocycles. The zero-order chi connectivity index (χ0) is 7.56. The minimum atomic E-state index is -0.593. The van der Waals surface area contributed by atoms with Gasteiger partial charge in [0, 0.05) is 12.3 Å². The molecule has 0 aromatic rings. The maximum atomic E-state index is 9.17. The highest BCUT2D eigenvalue weighted by Crippen LogP contribution is 2.17. The zero-order valence-corrected chi connectivity index (χ0v) is 5.64. The molecule has 0 spiro atoms. The van der Waals surface area contributed by atoms with Gasteiger partial charge in [0.2, 0.25) is 0 Å². The Hall–Kier alpha value is -0.380. The summed E-state index contributed by atoms with van der Waals surface area (Å²) in [5.74, 6) is -0.191. The van der Waals surface area contributed by atoms with E-state index in [0.717, 1.165) is 0 Å². The summed E-state index contributed by atoms with van der Waals surface area (Å²) in [6.45, 7) is -0.0512. The van der Waals surface area contributed by atoms with Crippen molar-refractivity contribution in [1.29, 1.82) is 0 Å². The van der Waals surface area contributed by atoms with E-state index < -0.39 is 12.2 Å². The third-order valence-corrected chi connectivity index (χ3v) is 1.77. The zero-order valence-electron chi connectivity index (χ0n) is 5.64. The van der Waals surface area contributed by atoms with Crippen molar-refractivity contribution in [1.82, 2.24) is 0 Å². The quantitative estimate of drug-likeness (QED) is 0.425. The molecule has 0 radical (unpaired) electrons. The molecule has 0 amide bonds. The van der Waals surface area contributed by atoms with Gasteiger partial charge in [0.25, 0.3) is 0 Å². The van der Waals surface area contributed by atoms with Gasteiger partial charge in [-0.1, -0.05) is 12.2 Å². The third kappa shape index (κ3) is 1.56. The molecule has 0 aliphatic heterocycles. The van der Waals surface area contributed by atoms with Crippen LogP contribution in [0.15, 0.2) is 12.2 Å². The minimum Gasteiger partial charge on any atom is -0.396 e. The molecular weight excluding hydrogens is 132 g/mol. The molecule has 0 aromatic carbocycles. The van der Waals surface area contributed by atoms with Crippen molar-refractivity contribution in [3.8, 4) is 0 Å². The SMILES string of the molecule is OC[C@H]1C=C[C@@H](O)C[C@@H]1O. The second-order valence-electron chi connectivity index (χ2n) is 2.60. The Morgan fingerprint density at radius 2 is 2.00 bits per heavy atom. The Balaban J connectivity index is 2.53. The number of rotatable bonds is 1. The summed E-state index contributed by atoms with van der Waals surface area (Å²) in [6, 6.07) is 0. The molecule has 1 rings (SSSR count). The maximum absolute atomic E-state index is 9.17. The second kappa shape index (κ2) is 3.14. The Labute approximate surface area is 59.6 Å². The largest absolute Gasteiger partial charge is 0.396 e. The van der Waals surface area contributed by atoms with Gasteiger partial charge in [0.15, 0.2) is 0 Å². The Morgan fingerprint density at radius 1 is 1.30 bits per heavy atom. The molecule has 1 aliphatic rings. The first-order valence-corrected chi connectivity index (χ1v) is 3.39. The van der Waals surface area contributed by atoms with Gasteiger partial charge in [-0.2, -0.15) is 0 Å².